The fourth-order valence-corrected chi connectivity index (χ4v) is 2.20. The van der Waals surface area contributed by atoms with E-state index < -0.39 is 23.4 Å². The monoisotopic (exact) mass is 365 g/mol. The van der Waals surface area contributed by atoms with Gasteiger partial charge in [-0.1, -0.05) is 22.0 Å². The third kappa shape index (κ3) is 4.17. The molecular weight excluding hydrogens is 357 g/mol. The molecule has 0 radical (unpaired) electrons. The van der Waals surface area contributed by atoms with Gasteiger partial charge in [-0.25, -0.2) is 8.78 Å². The minimum atomic E-state index is -4.46. The number of hydrogen-bond donors (Lipinski definition) is 1. The van der Waals surface area contributed by atoms with Gasteiger partial charge in [-0.15, -0.1) is 0 Å². The molecule has 7 heteroatoms. The normalized spacial score (nSPS) is 11.5. The predicted molar refractivity (Wildman–Crippen MR) is 72.8 cm³/mol. The topological polar surface area (TPSA) is 12.0 Å². The molecule has 0 unspecified atom stereocenters. The zero-order valence-corrected chi connectivity index (χ0v) is 12.0. The summed E-state index contributed by atoms with van der Waals surface area (Å²) in [6.45, 7) is 0.0744. The van der Waals surface area contributed by atoms with Gasteiger partial charge in [0.2, 0.25) is 0 Å². The van der Waals surface area contributed by atoms with Gasteiger partial charge in [0.05, 0.1) is 5.56 Å². The van der Waals surface area contributed by atoms with Crippen molar-refractivity contribution in [3.05, 3.63) is 63.6 Å². The Morgan fingerprint density at radius 1 is 0.952 bits per heavy atom. The molecule has 0 bridgehead atoms. The number of benzene rings is 2. The largest absolute Gasteiger partial charge is 0.416 e. The number of alkyl halides is 3. The van der Waals surface area contributed by atoms with Crippen LogP contribution in [0, 0.1) is 11.6 Å². The summed E-state index contributed by atoms with van der Waals surface area (Å²) in [4.78, 5) is 0. The minimum Gasteiger partial charge on any atom is -0.381 e. The van der Waals surface area contributed by atoms with Crippen molar-refractivity contribution in [2.45, 2.75) is 12.7 Å². The summed E-state index contributed by atoms with van der Waals surface area (Å²) in [7, 11) is 0. The van der Waals surface area contributed by atoms with Crippen LogP contribution in [0.5, 0.6) is 0 Å². The van der Waals surface area contributed by atoms with E-state index in [-0.39, 0.29) is 16.7 Å². The van der Waals surface area contributed by atoms with Gasteiger partial charge in [-0.05, 0) is 35.9 Å². The molecule has 1 nitrogen and oxygen atoms in total. The van der Waals surface area contributed by atoms with Crippen LogP contribution in [-0.2, 0) is 12.7 Å². The Hall–Kier alpha value is -1.63. The lowest BCUT2D eigenvalue weighted by molar-refractivity contribution is -0.137. The first kappa shape index (κ1) is 15.8. The van der Waals surface area contributed by atoms with Crippen LogP contribution in [0.1, 0.15) is 11.1 Å². The molecule has 0 spiro atoms. The van der Waals surface area contributed by atoms with E-state index in [1.165, 1.54) is 12.1 Å². The molecular formula is C14H9BrF5N. The molecule has 2 rings (SSSR count). The van der Waals surface area contributed by atoms with Crippen molar-refractivity contribution in [2.24, 2.45) is 0 Å². The summed E-state index contributed by atoms with van der Waals surface area (Å²) >= 11 is 3.00. The zero-order valence-electron chi connectivity index (χ0n) is 10.4. The smallest absolute Gasteiger partial charge is 0.381 e. The van der Waals surface area contributed by atoms with E-state index in [1.54, 1.807) is 0 Å². The Labute approximate surface area is 125 Å². The molecule has 1 N–H and O–H groups in total. The average molecular weight is 366 g/mol. The molecule has 0 saturated heterocycles. The fraction of sp³-hybridized carbons (Fsp3) is 0.143. The van der Waals surface area contributed by atoms with E-state index in [4.69, 9.17) is 0 Å². The van der Waals surface area contributed by atoms with Crippen molar-refractivity contribution < 1.29 is 22.0 Å². The second-order valence-corrected chi connectivity index (χ2v) is 5.24. The van der Waals surface area contributed by atoms with Crippen LogP contribution >= 0.6 is 15.9 Å². The molecule has 0 saturated carbocycles. The maximum absolute atomic E-state index is 13.0. The first-order valence-corrected chi connectivity index (χ1v) is 6.60. The van der Waals surface area contributed by atoms with Gasteiger partial charge >= 0.3 is 6.18 Å². The Bertz CT molecular complexity index is 654. The summed E-state index contributed by atoms with van der Waals surface area (Å²) in [6.07, 6.45) is -4.46. The molecule has 0 aliphatic rings. The van der Waals surface area contributed by atoms with Crippen LogP contribution in [0.4, 0.5) is 27.6 Å². The molecule has 21 heavy (non-hydrogen) atoms. The molecule has 0 atom stereocenters. The highest BCUT2D eigenvalue weighted by Gasteiger charge is 2.31. The van der Waals surface area contributed by atoms with Crippen LogP contribution in [0.25, 0.3) is 0 Å². The van der Waals surface area contributed by atoms with Crippen LogP contribution < -0.4 is 5.32 Å². The standard InChI is InChI=1S/C14H9BrF5N/c15-10-4-9(14(18,19)20)5-11(6-10)21-7-8-1-2-12(16)13(17)3-8/h1-6,21H,7H2. The Morgan fingerprint density at radius 3 is 2.29 bits per heavy atom. The minimum absolute atomic E-state index is 0.0744. The van der Waals surface area contributed by atoms with Gasteiger partial charge < -0.3 is 5.32 Å². The lowest BCUT2D eigenvalue weighted by Crippen LogP contribution is -2.07. The average Bonchev–Trinajstić information content (AvgIpc) is 2.38. The molecule has 0 aliphatic heterocycles. The lowest BCUT2D eigenvalue weighted by atomic mass is 10.1. The van der Waals surface area contributed by atoms with Gasteiger partial charge in [0.15, 0.2) is 11.6 Å². The summed E-state index contributed by atoms with van der Waals surface area (Å²) in [5.41, 5.74) is -0.159. The summed E-state index contributed by atoms with van der Waals surface area (Å²) in [5, 5.41) is 2.74. The second kappa shape index (κ2) is 6.01. The van der Waals surface area contributed by atoms with E-state index in [0.29, 0.717) is 5.56 Å². The highest BCUT2D eigenvalue weighted by molar-refractivity contribution is 9.10. The maximum atomic E-state index is 13.0. The molecule has 2 aromatic carbocycles. The van der Waals surface area contributed by atoms with E-state index in [9.17, 15) is 22.0 Å². The molecule has 0 aliphatic carbocycles. The van der Waals surface area contributed by atoms with Crippen molar-refractivity contribution in [1.82, 2.24) is 0 Å². The number of halogens is 6. The molecule has 2 aromatic rings. The van der Waals surface area contributed by atoms with Gasteiger partial charge in [-0.2, -0.15) is 13.2 Å². The third-order valence-electron chi connectivity index (χ3n) is 2.71. The lowest BCUT2D eigenvalue weighted by Gasteiger charge is -2.12. The number of anilines is 1. The van der Waals surface area contributed by atoms with Gasteiger partial charge in [0, 0.05) is 16.7 Å². The van der Waals surface area contributed by atoms with Crippen molar-refractivity contribution in [2.75, 3.05) is 5.32 Å². The predicted octanol–water partition coefficient (Wildman–Crippen LogP) is 5.36. The molecule has 0 heterocycles. The molecule has 112 valence electrons. The maximum Gasteiger partial charge on any atom is 0.416 e. The number of rotatable bonds is 3. The van der Waals surface area contributed by atoms with Gasteiger partial charge in [0.1, 0.15) is 0 Å². The SMILES string of the molecule is Fc1ccc(CNc2cc(Br)cc(C(F)(F)F)c2)cc1F. The first-order valence-electron chi connectivity index (χ1n) is 5.81. The van der Waals surface area contributed by atoms with Crippen molar-refractivity contribution in [1.29, 1.82) is 0 Å². The van der Waals surface area contributed by atoms with Gasteiger partial charge in [0.25, 0.3) is 0 Å². The second-order valence-electron chi connectivity index (χ2n) is 4.33. The number of hydrogen-bond acceptors (Lipinski definition) is 1. The summed E-state index contributed by atoms with van der Waals surface area (Å²) < 4.78 is 64.1. The van der Waals surface area contributed by atoms with E-state index in [2.05, 4.69) is 21.2 Å². The van der Waals surface area contributed by atoms with Crippen LogP contribution in [0.15, 0.2) is 40.9 Å². The fourth-order valence-electron chi connectivity index (χ4n) is 1.71. The molecule has 0 amide bonds. The number of nitrogens with one attached hydrogen (secondary N) is 1. The van der Waals surface area contributed by atoms with Crippen LogP contribution in [0.3, 0.4) is 0 Å². The van der Waals surface area contributed by atoms with Crippen molar-refractivity contribution in [3.8, 4) is 0 Å². The summed E-state index contributed by atoms with van der Waals surface area (Å²) in [5.74, 6) is -1.97. The van der Waals surface area contributed by atoms with Crippen LogP contribution in [-0.4, -0.2) is 0 Å². The van der Waals surface area contributed by atoms with Gasteiger partial charge in [-0.3, -0.25) is 0 Å². The quantitative estimate of drug-likeness (QED) is 0.722. The zero-order chi connectivity index (χ0) is 15.6. The molecule has 0 fully saturated rings. The Morgan fingerprint density at radius 2 is 1.67 bits per heavy atom. The summed E-state index contributed by atoms with van der Waals surface area (Å²) in [6, 6.07) is 6.69. The highest BCUT2D eigenvalue weighted by atomic mass is 79.9. The van der Waals surface area contributed by atoms with Crippen molar-refractivity contribution >= 4 is 21.6 Å². The third-order valence-corrected chi connectivity index (χ3v) is 3.16. The van der Waals surface area contributed by atoms with E-state index in [1.807, 2.05) is 0 Å². The Balaban J connectivity index is 2.16. The highest BCUT2D eigenvalue weighted by Crippen LogP contribution is 2.33. The Kier molecular flexibility index (Phi) is 4.51. The van der Waals surface area contributed by atoms with Crippen LogP contribution in [0.2, 0.25) is 0 Å². The van der Waals surface area contributed by atoms with E-state index in [0.717, 1.165) is 24.3 Å². The molecule has 0 aromatic heterocycles. The van der Waals surface area contributed by atoms with E-state index >= 15 is 0 Å². The first-order chi connectivity index (χ1) is 9.75. The van der Waals surface area contributed by atoms with Crippen molar-refractivity contribution in [3.63, 3.8) is 0 Å².